The number of aliphatic imine (C=N–C) groups is 1. The molecule has 0 spiro atoms. The Morgan fingerprint density at radius 1 is 1.40 bits per heavy atom. The third-order valence-corrected chi connectivity index (χ3v) is 3.36. The molecule has 0 atom stereocenters. The zero-order valence-corrected chi connectivity index (χ0v) is 9.79. The summed E-state index contributed by atoms with van der Waals surface area (Å²) in [5.74, 6) is 0. The highest BCUT2D eigenvalue weighted by Crippen LogP contribution is 2.35. The average molecular weight is 211 g/mol. The molecule has 0 heterocycles. The van der Waals surface area contributed by atoms with E-state index < -0.39 is 0 Å². The Hall–Kier alpha value is -0.660. The fraction of sp³-hybridized carbons (Fsp3) is 0.917. The maximum atomic E-state index is 10.4. The lowest BCUT2D eigenvalue weighted by atomic mass is 9.79. The highest BCUT2D eigenvalue weighted by molar-refractivity contribution is 5.35. The normalized spacial score (nSPS) is 30.9. The molecule has 0 radical (unpaired) electrons. The minimum absolute atomic E-state index is 0.131. The van der Waals surface area contributed by atoms with E-state index in [4.69, 9.17) is 4.74 Å². The number of rotatable bonds is 5. The van der Waals surface area contributed by atoms with Crippen LogP contribution in [-0.2, 0) is 9.53 Å². The molecule has 0 saturated heterocycles. The van der Waals surface area contributed by atoms with Crippen LogP contribution in [0.3, 0.4) is 0 Å². The summed E-state index contributed by atoms with van der Waals surface area (Å²) >= 11 is 0. The number of carbonyl (C=O) groups excluding carboxylic acids is 1. The van der Waals surface area contributed by atoms with Crippen molar-refractivity contribution in [3.63, 3.8) is 0 Å². The highest BCUT2D eigenvalue weighted by Gasteiger charge is 2.33. The molecular formula is C12H21NO2. The van der Waals surface area contributed by atoms with Crippen molar-refractivity contribution in [3.8, 4) is 0 Å². The zero-order chi connectivity index (χ0) is 11.1. The molecule has 1 aliphatic carbocycles. The number of hydrogen-bond acceptors (Lipinski definition) is 3. The van der Waals surface area contributed by atoms with E-state index >= 15 is 0 Å². The molecule has 3 heteroatoms. The van der Waals surface area contributed by atoms with Gasteiger partial charge in [-0.05, 0) is 38.5 Å². The maximum Gasteiger partial charge on any atom is 0.235 e. The van der Waals surface area contributed by atoms with Gasteiger partial charge in [-0.1, -0.05) is 13.8 Å². The third-order valence-electron chi connectivity index (χ3n) is 3.36. The Balaban J connectivity index is 2.42. The maximum absolute atomic E-state index is 10.4. The minimum Gasteiger partial charge on any atom is -0.378 e. The van der Waals surface area contributed by atoms with Gasteiger partial charge in [-0.3, -0.25) is 0 Å². The Bertz CT molecular complexity index is 226. The van der Waals surface area contributed by atoms with Gasteiger partial charge in [0.25, 0.3) is 0 Å². The summed E-state index contributed by atoms with van der Waals surface area (Å²) in [6, 6.07) is 0. The van der Waals surface area contributed by atoms with Crippen molar-refractivity contribution in [2.24, 2.45) is 4.99 Å². The fourth-order valence-electron chi connectivity index (χ4n) is 2.22. The Labute approximate surface area is 91.9 Å². The Morgan fingerprint density at radius 3 is 2.53 bits per heavy atom. The SMILES string of the molecule is CCCO[C@H]1CC[C@@](CC)(N=C=O)CC1. The first-order valence-electron chi connectivity index (χ1n) is 5.97. The van der Waals surface area contributed by atoms with Gasteiger partial charge < -0.3 is 4.74 Å². The van der Waals surface area contributed by atoms with E-state index in [1.165, 1.54) is 0 Å². The molecule has 1 fully saturated rings. The summed E-state index contributed by atoms with van der Waals surface area (Å²) < 4.78 is 5.71. The van der Waals surface area contributed by atoms with Crippen molar-refractivity contribution in [1.29, 1.82) is 0 Å². The molecule has 0 bridgehead atoms. The van der Waals surface area contributed by atoms with Gasteiger partial charge in [0, 0.05) is 6.61 Å². The average Bonchev–Trinajstić information content (AvgIpc) is 2.29. The second-order valence-electron chi connectivity index (χ2n) is 4.35. The van der Waals surface area contributed by atoms with Crippen LogP contribution in [0.4, 0.5) is 0 Å². The lowest BCUT2D eigenvalue weighted by molar-refractivity contribution is 0.0135. The number of hydrogen-bond donors (Lipinski definition) is 0. The van der Waals surface area contributed by atoms with Crippen molar-refractivity contribution in [2.75, 3.05) is 6.61 Å². The summed E-state index contributed by atoms with van der Waals surface area (Å²) in [5, 5.41) is 0. The van der Waals surface area contributed by atoms with Gasteiger partial charge in [0.1, 0.15) is 0 Å². The van der Waals surface area contributed by atoms with Gasteiger partial charge in [0.2, 0.25) is 6.08 Å². The molecule has 15 heavy (non-hydrogen) atoms. The molecule has 0 aromatic heterocycles. The van der Waals surface area contributed by atoms with Crippen molar-refractivity contribution in [2.45, 2.75) is 64.0 Å². The molecule has 0 amide bonds. The highest BCUT2D eigenvalue weighted by atomic mass is 16.5. The van der Waals surface area contributed by atoms with Crippen molar-refractivity contribution >= 4 is 6.08 Å². The first kappa shape index (κ1) is 12.4. The Kier molecular flexibility index (Phi) is 5.00. The largest absolute Gasteiger partial charge is 0.378 e. The first-order chi connectivity index (χ1) is 7.26. The monoisotopic (exact) mass is 211 g/mol. The van der Waals surface area contributed by atoms with Crippen LogP contribution in [0.5, 0.6) is 0 Å². The molecular weight excluding hydrogens is 190 g/mol. The second-order valence-corrected chi connectivity index (χ2v) is 4.35. The van der Waals surface area contributed by atoms with E-state index in [1.807, 2.05) is 0 Å². The van der Waals surface area contributed by atoms with Crippen LogP contribution in [0.1, 0.15) is 52.4 Å². The van der Waals surface area contributed by atoms with Crippen LogP contribution in [0.2, 0.25) is 0 Å². The van der Waals surface area contributed by atoms with E-state index in [0.717, 1.165) is 45.1 Å². The minimum atomic E-state index is -0.131. The topological polar surface area (TPSA) is 38.7 Å². The van der Waals surface area contributed by atoms with Crippen molar-refractivity contribution in [1.82, 2.24) is 0 Å². The molecule has 0 aliphatic heterocycles. The molecule has 0 aromatic carbocycles. The predicted octanol–water partition coefficient (Wildman–Crippen LogP) is 2.84. The molecule has 0 unspecified atom stereocenters. The van der Waals surface area contributed by atoms with E-state index in [0.29, 0.717) is 6.10 Å². The lowest BCUT2D eigenvalue weighted by Crippen LogP contribution is -2.34. The van der Waals surface area contributed by atoms with E-state index in [9.17, 15) is 4.79 Å². The van der Waals surface area contributed by atoms with E-state index in [1.54, 1.807) is 6.08 Å². The summed E-state index contributed by atoms with van der Waals surface area (Å²) in [7, 11) is 0. The quantitative estimate of drug-likeness (QED) is 0.518. The van der Waals surface area contributed by atoms with Gasteiger partial charge in [0.15, 0.2) is 0 Å². The van der Waals surface area contributed by atoms with Gasteiger partial charge in [-0.2, -0.15) is 4.99 Å². The van der Waals surface area contributed by atoms with Crippen LogP contribution in [0, 0.1) is 0 Å². The summed E-state index contributed by atoms with van der Waals surface area (Å²) in [6.07, 6.45) is 8.09. The molecule has 1 aliphatic rings. The van der Waals surface area contributed by atoms with Crippen LogP contribution < -0.4 is 0 Å². The van der Waals surface area contributed by atoms with Crippen LogP contribution in [0.25, 0.3) is 0 Å². The molecule has 1 saturated carbocycles. The molecule has 86 valence electrons. The van der Waals surface area contributed by atoms with Crippen molar-refractivity contribution < 1.29 is 9.53 Å². The van der Waals surface area contributed by atoms with Crippen LogP contribution in [-0.4, -0.2) is 24.3 Å². The van der Waals surface area contributed by atoms with Crippen LogP contribution >= 0.6 is 0 Å². The molecule has 3 nitrogen and oxygen atoms in total. The summed E-state index contributed by atoms with van der Waals surface area (Å²) in [6.45, 7) is 5.06. The van der Waals surface area contributed by atoms with Gasteiger partial charge in [-0.15, -0.1) is 0 Å². The summed E-state index contributed by atoms with van der Waals surface area (Å²) in [5.41, 5.74) is -0.131. The standard InChI is InChI=1S/C12H21NO2/c1-3-9-15-11-5-7-12(4-2,8-6-11)13-10-14/h11H,3-9H2,1-2H3/t11-,12+. The first-order valence-corrected chi connectivity index (χ1v) is 5.97. The smallest absolute Gasteiger partial charge is 0.235 e. The zero-order valence-electron chi connectivity index (χ0n) is 9.79. The third kappa shape index (κ3) is 3.44. The van der Waals surface area contributed by atoms with E-state index in [2.05, 4.69) is 18.8 Å². The van der Waals surface area contributed by atoms with Gasteiger partial charge in [-0.25, -0.2) is 4.79 Å². The Morgan fingerprint density at radius 2 is 2.07 bits per heavy atom. The van der Waals surface area contributed by atoms with Gasteiger partial charge in [0.05, 0.1) is 11.6 Å². The number of isocyanates is 1. The number of ether oxygens (including phenoxy) is 1. The van der Waals surface area contributed by atoms with E-state index in [-0.39, 0.29) is 5.54 Å². The summed E-state index contributed by atoms with van der Waals surface area (Å²) in [4.78, 5) is 14.4. The second kappa shape index (κ2) is 6.04. The molecule has 1 rings (SSSR count). The molecule has 0 N–H and O–H groups in total. The van der Waals surface area contributed by atoms with Crippen LogP contribution in [0.15, 0.2) is 4.99 Å². The lowest BCUT2D eigenvalue weighted by Gasteiger charge is -2.35. The van der Waals surface area contributed by atoms with Crippen molar-refractivity contribution in [3.05, 3.63) is 0 Å². The molecule has 0 aromatic rings. The number of nitrogens with zero attached hydrogens (tertiary/aromatic N) is 1. The fourth-order valence-corrected chi connectivity index (χ4v) is 2.22. The van der Waals surface area contributed by atoms with Gasteiger partial charge >= 0.3 is 0 Å². The predicted molar refractivity (Wildman–Crippen MR) is 59.6 cm³/mol.